The van der Waals surface area contributed by atoms with E-state index in [0.717, 1.165) is 29.5 Å². The largest absolute Gasteiger partial charge is 0.462 e. The van der Waals surface area contributed by atoms with E-state index in [9.17, 15) is 0 Å². The predicted octanol–water partition coefficient (Wildman–Crippen LogP) is 5.98. The molecular weight excluding hydrogens is 308 g/mol. The number of hydrogen-bond acceptors (Lipinski definition) is 3. The third-order valence-electron chi connectivity index (χ3n) is 4.70. The smallest absolute Gasteiger partial charge is 0.152 e. The Morgan fingerprint density at radius 2 is 1.92 bits per heavy atom. The maximum atomic E-state index is 8.49. The molecule has 4 rings (SSSR count). The van der Waals surface area contributed by atoms with Crippen molar-refractivity contribution in [3.8, 4) is 11.3 Å². The second-order valence-corrected chi connectivity index (χ2v) is 6.60. The van der Waals surface area contributed by atoms with E-state index in [2.05, 4.69) is 9.97 Å². The van der Waals surface area contributed by atoms with Gasteiger partial charge in [-0.25, -0.2) is 0 Å². The molecule has 3 aromatic heterocycles. The topological polar surface area (TPSA) is 38.9 Å². The Balaban J connectivity index is 1.83. The molecule has 0 unspecified atom stereocenters. The number of rotatable bonds is 2. The molecule has 0 atom stereocenters. The number of aryl methyl sites for hydroxylation is 1. The minimum absolute atomic E-state index is 0.157. The van der Waals surface area contributed by atoms with Gasteiger partial charge >= 0.3 is 0 Å². The van der Waals surface area contributed by atoms with Gasteiger partial charge < -0.3 is 4.42 Å². The van der Waals surface area contributed by atoms with E-state index in [1.54, 1.807) is 18.7 Å². The van der Waals surface area contributed by atoms with Crippen molar-refractivity contribution in [1.29, 1.82) is 0 Å². The van der Waals surface area contributed by atoms with E-state index in [1.165, 1.54) is 12.8 Å². The molecule has 3 heterocycles. The van der Waals surface area contributed by atoms with E-state index in [1.807, 2.05) is 37.3 Å². The minimum Gasteiger partial charge on any atom is -0.462 e. The molecule has 0 N–H and O–H groups in total. The average Bonchev–Trinajstić information content (AvgIpc) is 3.21. The average molecular weight is 332 g/mol. The van der Waals surface area contributed by atoms with Gasteiger partial charge in [0.15, 0.2) is 5.58 Å². The molecule has 0 aromatic carbocycles. The van der Waals surface area contributed by atoms with Gasteiger partial charge in [-0.15, -0.1) is 0 Å². The molecule has 0 aliphatic heterocycles. The van der Waals surface area contributed by atoms with Crippen LogP contribution in [0.2, 0.25) is 0 Å². The van der Waals surface area contributed by atoms with Crippen molar-refractivity contribution in [3.05, 3.63) is 72.2 Å². The van der Waals surface area contributed by atoms with Gasteiger partial charge in [0.1, 0.15) is 11.8 Å². The first-order valence-electron chi connectivity index (χ1n) is 9.78. The van der Waals surface area contributed by atoms with Gasteiger partial charge in [0, 0.05) is 18.0 Å². The molecule has 3 aromatic rings. The third kappa shape index (κ3) is 3.55. The van der Waals surface area contributed by atoms with Crippen LogP contribution >= 0.6 is 0 Å². The van der Waals surface area contributed by atoms with E-state index < -0.39 is 0 Å². The summed E-state index contributed by atoms with van der Waals surface area (Å²) in [6, 6.07) is 9.88. The Morgan fingerprint density at radius 1 is 1.08 bits per heavy atom. The van der Waals surface area contributed by atoms with Crippen LogP contribution in [0.3, 0.4) is 0 Å². The zero-order valence-corrected chi connectivity index (χ0v) is 14.3. The van der Waals surface area contributed by atoms with E-state index in [4.69, 9.17) is 7.16 Å². The normalized spacial score (nSPS) is 15.7. The zero-order chi connectivity index (χ0) is 18.8. The molecule has 1 saturated carbocycles. The minimum atomic E-state index is 0.157. The summed E-state index contributed by atoms with van der Waals surface area (Å²) >= 11 is 0. The fraction of sp³-hybridized carbons (Fsp3) is 0.273. The first kappa shape index (κ1) is 13.6. The quantitative estimate of drug-likeness (QED) is 0.579. The van der Waals surface area contributed by atoms with Crippen molar-refractivity contribution in [2.24, 2.45) is 0 Å². The van der Waals surface area contributed by atoms with Crippen LogP contribution < -0.4 is 0 Å². The van der Waals surface area contributed by atoms with E-state index >= 15 is 0 Å². The van der Waals surface area contributed by atoms with Gasteiger partial charge in [0.2, 0.25) is 0 Å². The van der Waals surface area contributed by atoms with Crippen molar-refractivity contribution in [2.75, 3.05) is 0 Å². The highest BCUT2D eigenvalue weighted by molar-refractivity contribution is 5.71. The molecule has 0 amide bonds. The van der Waals surface area contributed by atoms with Crippen molar-refractivity contribution < 1.29 is 7.16 Å². The highest BCUT2D eigenvalue weighted by Crippen LogP contribution is 2.34. The molecule has 0 radical (unpaired) electrons. The van der Waals surface area contributed by atoms with E-state index in [-0.39, 0.29) is 12.1 Å². The molecule has 126 valence electrons. The monoisotopic (exact) mass is 332 g/mol. The number of nitrogens with zero attached hydrogens (tertiary/aromatic N) is 2. The summed E-state index contributed by atoms with van der Waals surface area (Å²) in [6.07, 6.45) is 9.75. The van der Waals surface area contributed by atoms with Crippen LogP contribution in [-0.4, -0.2) is 9.97 Å². The van der Waals surface area contributed by atoms with Gasteiger partial charge in [-0.3, -0.25) is 9.97 Å². The Kier molecular flexibility index (Phi) is 3.84. The molecule has 1 aliphatic rings. The van der Waals surface area contributed by atoms with Crippen molar-refractivity contribution in [3.63, 3.8) is 0 Å². The lowest BCUT2D eigenvalue weighted by atomic mass is 9.99. The van der Waals surface area contributed by atoms with Gasteiger partial charge in [0.05, 0.1) is 8.44 Å². The summed E-state index contributed by atoms with van der Waals surface area (Å²) in [6.45, 7) is 1.97. The second kappa shape index (κ2) is 7.06. The molecule has 3 nitrogen and oxygen atoms in total. The summed E-state index contributed by atoms with van der Waals surface area (Å²) in [5, 5.41) is 0. The fourth-order valence-corrected chi connectivity index (χ4v) is 3.30. The molecule has 0 saturated heterocycles. The van der Waals surface area contributed by atoms with Crippen molar-refractivity contribution in [2.45, 2.75) is 38.5 Å². The molecule has 25 heavy (non-hydrogen) atoms. The Labute approximate surface area is 150 Å². The Hall–Kier alpha value is -2.68. The number of fused-ring (bicyclic) bond motifs is 1. The molecule has 1 fully saturated rings. The van der Waals surface area contributed by atoms with Crippen LogP contribution in [0.5, 0.6) is 0 Å². The SMILES string of the molecule is [2H]c1c(C2CCCC2)cnc(-c2ccccc3ncc(C)cc3oc2)c1[2H]. The molecule has 3 heteroatoms. The van der Waals surface area contributed by atoms with Gasteiger partial charge in [-0.2, -0.15) is 0 Å². The summed E-state index contributed by atoms with van der Waals surface area (Å²) < 4.78 is 22.8. The third-order valence-corrected chi connectivity index (χ3v) is 4.70. The zero-order valence-electron chi connectivity index (χ0n) is 16.3. The first-order chi connectivity index (χ1) is 13.1. The van der Waals surface area contributed by atoms with Crippen LogP contribution in [-0.2, 0) is 0 Å². The van der Waals surface area contributed by atoms with Crippen LogP contribution in [0.4, 0.5) is 0 Å². The second-order valence-electron chi connectivity index (χ2n) is 6.60. The Bertz CT molecular complexity index is 1040. The highest BCUT2D eigenvalue weighted by atomic mass is 16.3. The van der Waals surface area contributed by atoms with Gasteiger partial charge in [-0.1, -0.05) is 31.0 Å². The molecule has 0 bridgehead atoms. The Morgan fingerprint density at radius 3 is 2.80 bits per heavy atom. The summed E-state index contributed by atoms with van der Waals surface area (Å²) in [4.78, 5) is 8.93. The molecule has 0 spiro atoms. The van der Waals surface area contributed by atoms with Crippen LogP contribution in [0, 0.1) is 6.92 Å². The number of aromatic nitrogens is 2. The predicted molar refractivity (Wildman–Crippen MR) is 101 cm³/mol. The number of hydrogen-bond donors (Lipinski definition) is 0. The van der Waals surface area contributed by atoms with Crippen molar-refractivity contribution >= 4 is 11.1 Å². The van der Waals surface area contributed by atoms with Crippen molar-refractivity contribution in [1.82, 2.24) is 9.97 Å². The maximum Gasteiger partial charge on any atom is 0.152 e. The number of pyridine rings is 2. The fourth-order valence-electron chi connectivity index (χ4n) is 3.30. The van der Waals surface area contributed by atoms with Gasteiger partial charge in [-0.05, 0) is 61.1 Å². The summed E-state index contributed by atoms with van der Waals surface area (Å²) in [5.41, 5.74) is 4.46. The first-order valence-corrected chi connectivity index (χ1v) is 8.78. The lowest BCUT2D eigenvalue weighted by Gasteiger charge is -2.09. The van der Waals surface area contributed by atoms with Gasteiger partial charge in [0.25, 0.3) is 0 Å². The van der Waals surface area contributed by atoms with E-state index in [0.29, 0.717) is 22.8 Å². The van der Waals surface area contributed by atoms with Crippen LogP contribution in [0.25, 0.3) is 22.4 Å². The van der Waals surface area contributed by atoms with Crippen LogP contribution in [0.1, 0.15) is 45.5 Å². The highest BCUT2D eigenvalue weighted by Gasteiger charge is 2.17. The standard InChI is InChI=1S/C22H22N2O/c1-16-12-22-21(23-13-16)9-5-4-8-19(15-25-22)20-11-10-18(14-24-20)17-6-2-3-7-17/h4-5,8-15,17H,2-3,6-7H2,1H3/i10D,11D. The maximum absolute atomic E-state index is 8.49. The molecular formula is C22H22N2O. The summed E-state index contributed by atoms with van der Waals surface area (Å²) in [7, 11) is 0. The van der Waals surface area contributed by atoms with Crippen LogP contribution in [0.15, 0.2) is 65.5 Å². The lowest BCUT2D eigenvalue weighted by Crippen LogP contribution is -1.93. The summed E-state index contributed by atoms with van der Waals surface area (Å²) in [5.74, 6) is 0.369. The molecule has 1 aliphatic carbocycles. The lowest BCUT2D eigenvalue weighted by molar-refractivity contribution is 0.606.